The van der Waals surface area contributed by atoms with E-state index in [9.17, 15) is 13.2 Å². The first-order valence-corrected chi connectivity index (χ1v) is 9.47. The molecular formula is C16H20N2O3S. The number of sulfonamides is 1. The first kappa shape index (κ1) is 14.2. The molecule has 1 aromatic rings. The van der Waals surface area contributed by atoms with Crippen molar-refractivity contribution in [3.8, 4) is 0 Å². The molecule has 5 nitrogen and oxygen atoms in total. The molecule has 2 aliphatic heterocycles. The summed E-state index contributed by atoms with van der Waals surface area (Å²) in [5, 5.41) is -0.172. The lowest BCUT2D eigenvalue weighted by atomic mass is 9.96. The van der Waals surface area contributed by atoms with Crippen molar-refractivity contribution in [1.82, 2.24) is 4.31 Å². The summed E-state index contributed by atoms with van der Waals surface area (Å²) in [7, 11) is -3.16. The molecule has 0 aromatic heterocycles. The highest BCUT2D eigenvalue weighted by Gasteiger charge is 2.51. The molecule has 0 spiro atoms. The van der Waals surface area contributed by atoms with Crippen molar-refractivity contribution < 1.29 is 13.2 Å². The van der Waals surface area contributed by atoms with E-state index in [0.717, 1.165) is 24.9 Å². The van der Waals surface area contributed by atoms with Crippen molar-refractivity contribution >= 4 is 21.6 Å². The first-order chi connectivity index (χ1) is 10.6. The molecule has 1 amide bonds. The minimum Gasteiger partial charge on any atom is -0.308 e. The zero-order chi connectivity index (χ0) is 15.3. The van der Waals surface area contributed by atoms with Crippen LogP contribution in [0.1, 0.15) is 32.1 Å². The zero-order valence-electron chi connectivity index (χ0n) is 12.4. The van der Waals surface area contributed by atoms with Crippen LogP contribution >= 0.6 is 0 Å². The Balaban J connectivity index is 1.65. The van der Waals surface area contributed by atoms with E-state index >= 15 is 0 Å². The van der Waals surface area contributed by atoms with Crippen LogP contribution in [0.25, 0.3) is 0 Å². The van der Waals surface area contributed by atoms with Gasteiger partial charge in [-0.05, 0) is 37.8 Å². The molecule has 118 valence electrons. The van der Waals surface area contributed by atoms with E-state index in [1.54, 1.807) is 4.31 Å². The number of carbonyl (C=O) groups is 1. The third-order valence-corrected chi connectivity index (χ3v) is 7.44. The Kier molecular flexibility index (Phi) is 3.27. The summed E-state index contributed by atoms with van der Waals surface area (Å²) in [6.07, 6.45) is 3.39. The third-order valence-electron chi connectivity index (χ3n) is 5.02. The van der Waals surface area contributed by atoms with Gasteiger partial charge < -0.3 is 4.90 Å². The maximum Gasteiger partial charge on any atom is 0.227 e. The molecule has 2 saturated heterocycles. The Bertz CT molecular complexity index is 685. The number of hydrogen-bond donors (Lipinski definition) is 0. The lowest BCUT2D eigenvalue weighted by molar-refractivity contribution is -0.120. The topological polar surface area (TPSA) is 57.7 Å². The number of amides is 1. The summed E-state index contributed by atoms with van der Waals surface area (Å²) in [6.45, 7) is 0.546. The second kappa shape index (κ2) is 5.06. The number of nitrogens with zero attached hydrogens (tertiary/aromatic N) is 2. The Morgan fingerprint density at radius 2 is 1.68 bits per heavy atom. The average molecular weight is 320 g/mol. The van der Waals surface area contributed by atoms with Crippen LogP contribution in [-0.4, -0.2) is 42.5 Å². The van der Waals surface area contributed by atoms with Gasteiger partial charge >= 0.3 is 0 Å². The van der Waals surface area contributed by atoms with Crippen LogP contribution in [0.5, 0.6) is 0 Å². The van der Waals surface area contributed by atoms with E-state index in [2.05, 4.69) is 0 Å². The van der Waals surface area contributed by atoms with Gasteiger partial charge in [-0.1, -0.05) is 18.2 Å². The third kappa shape index (κ3) is 2.16. The molecular weight excluding hydrogens is 300 g/mol. The highest BCUT2D eigenvalue weighted by Crippen LogP contribution is 2.40. The summed E-state index contributed by atoms with van der Waals surface area (Å²) in [5.74, 6) is 0.109. The Hall–Kier alpha value is -1.40. The largest absolute Gasteiger partial charge is 0.308 e. The van der Waals surface area contributed by atoms with Gasteiger partial charge in [0.2, 0.25) is 15.9 Å². The lowest BCUT2D eigenvalue weighted by Crippen LogP contribution is -2.53. The van der Waals surface area contributed by atoms with Gasteiger partial charge in [0, 0.05) is 24.7 Å². The van der Waals surface area contributed by atoms with E-state index in [-0.39, 0.29) is 23.2 Å². The maximum atomic E-state index is 12.6. The number of carbonyl (C=O) groups excluding carboxylic acids is 1. The van der Waals surface area contributed by atoms with Gasteiger partial charge in [-0.25, -0.2) is 8.42 Å². The standard InChI is InChI=1S/C16H20N2O3S/c19-16-9-8-14-15(18(16)12-4-2-1-3-5-12)10-11-17(14)22(20,21)13-6-7-13/h1-5,13-15H,6-11H2/t14-,15-/m1/s1. The van der Waals surface area contributed by atoms with Crippen LogP contribution in [0.3, 0.4) is 0 Å². The quantitative estimate of drug-likeness (QED) is 0.852. The highest BCUT2D eigenvalue weighted by molar-refractivity contribution is 7.90. The smallest absolute Gasteiger partial charge is 0.227 e. The van der Waals surface area contributed by atoms with Gasteiger partial charge in [0.15, 0.2) is 0 Å². The molecule has 22 heavy (non-hydrogen) atoms. The molecule has 0 bridgehead atoms. The number of hydrogen-bond acceptors (Lipinski definition) is 3. The highest BCUT2D eigenvalue weighted by atomic mass is 32.2. The van der Waals surface area contributed by atoms with Crippen molar-refractivity contribution in [3.63, 3.8) is 0 Å². The normalized spacial score (nSPS) is 29.6. The molecule has 1 aromatic carbocycles. The molecule has 3 aliphatic rings. The van der Waals surface area contributed by atoms with E-state index in [1.807, 2.05) is 35.2 Å². The average Bonchev–Trinajstić information content (AvgIpc) is 3.29. The number of anilines is 1. The van der Waals surface area contributed by atoms with Crippen molar-refractivity contribution in [2.45, 2.75) is 49.4 Å². The summed E-state index contributed by atoms with van der Waals surface area (Å²) in [5.41, 5.74) is 0.882. The van der Waals surface area contributed by atoms with Crippen LogP contribution in [-0.2, 0) is 14.8 Å². The number of fused-ring (bicyclic) bond motifs is 1. The predicted octanol–water partition coefficient (Wildman–Crippen LogP) is 1.75. The number of benzene rings is 1. The fourth-order valence-corrected chi connectivity index (χ4v) is 5.92. The first-order valence-electron chi connectivity index (χ1n) is 7.97. The lowest BCUT2D eigenvalue weighted by Gasteiger charge is -2.39. The molecule has 6 heteroatoms. The summed E-state index contributed by atoms with van der Waals surface area (Å²) < 4.78 is 26.9. The van der Waals surface area contributed by atoms with Gasteiger partial charge in [-0.3, -0.25) is 4.79 Å². The zero-order valence-corrected chi connectivity index (χ0v) is 13.2. The summed E-state index contributed by atoms with van der Waals surface area (Å²) >= 11 is 0. The van der Waals surface area contributed by atoms with Gasteiger partial charge in [0.25, 0.3) is 0 Å². The molecule has 0 radical (unpaired) electrons. The molecule has 2 atom stereocenters. The second-order valence-electron chi connectivity index (χ2n) is 6.42. The van der Waals surface area contributed by atoms with Crippen molar-refractivity contribution in [3.05, 3.63) is 30.3 Å². The fourth-order valence-electron chi connectivity index (χ4n) is 3.82. The predicted molar refractivity (Wildman–Crippen MR) is 84.0 cm³/mol. The van der Waals surface area contributed by atoms with Crippen molar-refractivity contribution in [2.75, 3.05) is 11.4 Å². The maximum absolute atomic E-state index is 12.6. The summed E-state index contributed by atoms with van der Waals surface area (Å²) in [6, 6.07) is 9.55. The van der Waals surface area contributed by atoms with E-state index in [0.29, 0.717) is 19.4 Å². The molecule has 4 rings (SSSR count). The fraction of sp³-hybridized carbons (Fsp3) is 0.562. The van der Waals surface area contributed by atoms with Gasteiger partial charge in [-0.2, -0.15) is 4.31 Å². The molecule has 3 fully saturated rings. The monoisotopic (exact) mass is 320 g/mol. The number of para-hydroxylation sites is 1. The summed E-state index contributed by atoms with van der Waals surface area (Å²) in [4.78, 5) is 14.2. The van der Waals surface area contributed by atoms with Crippen molar-refractivity contribution in [1.29, 1.82) is 0 Å². The van der Waals surface area contributed by atoms with Gasteiger partial charge in [-0.15, -0.1) is 0 Å². The molecule has 1 saturated carbocycles. The van der Waals surface area contributed by atoms with Crippen LogP contribution in [0.2, 0.25) is 0 Å². The molecule has 1 aliphatic carbocycles. The Labute approximate surface area is 131 Å². The van der Waals surface area contributed by atoms with E-state index in [4.69, 9.17) is 0 Å². The van der Waals surface area contributed by atoms with Crippen LogP contribution in [0.4, 0.5) is 5.69 Å². The van der Waals surface area contributed by atoms with Gasteiger partial charge in [0.1, 0.15) is 0 Å². The molecule has 2 heterocycles. The Morgan fingerprint density at radius 3 is 2.36 bits per heavy atom. The number of piperidine rings is 1. The van der Waals surface area contributed by atoms with E-state index in [1.165, 1.54) is 0 Å². The SMILES string of the molecule is O=C1CC[C@@H]2[C@@H](CCN2S(=O)(=O)C2CC2)N1c1ccccc1. The number of rotatable bonds is 3. The van der Waals surface area contributed by atoms with Crippen LogP contribution in [0.15, 0.2) is 30.3 Å². The second-order valence-corrected chi connectivity index (χ2v) is 8.58. The molecule has 0 N–H and O–H groups in total. The van der Waals surface area contributed by atoms with Crippen molar-refractivity contribution in [2.24, 2.45) is 0 Å². The van der Waals surface area contributed by atoms with E-state index < -0.39 is 10.0 Å². The Morgan fingerprint density at radius 1 is 0.955 bits per heavy atom. The minimum absolute atomic E-state index is 0.0165. The molecule has 0 unspecified atom stereocenters. The van der Waals surface area contributed by atoms with Crippen LogP contribution in [0, 0.1) is 0 Å². The van der Waals surface area contributed by atoms with Crippen LogP contribution < -0.4 is 4.90 Å². The minimum atomic E-state index is -3.16. The van der Waals surface area contributed by atoms with Gasteiger partial charge in [0.05, 0.1) is 11.3 Å².